The van der Waals surface area contributed by atoms with E-state index in [4.69, 9.17) is 0 Å². The molecule has 0 bridgehead atoms. The van der Waals surface area contributed by atoms with E-state index < -0.39 is 0 Å². The maximum atomic E-state index is 11.9. The first-order chi connectivity index (χ1) is 8.61. The van der Waals surface area contributed by atoms with Crippen LogP contribution in [0.25, 0.3) is 0 Å². The van der Waals surface area contributed by atoms with Crippen molar-refractivity contribution in [3.05, 3.63) is 28.7 Å². The number of carbonyl (C=O) groups is 2. The highest BCUT2D eigenvalue weighted by Crippen LogP contribution is 2.26. The van der Waals surface area contributed by atoms with Gasteiger partial charge in [0.25, 0.3) is 0 Å². The SMILES string of the molecule is CCNC(=O)[C@H]1CC(=O)N(c2ccc(Br)cc2)C1. The van der Waals surface area contributed by atoms with Gasteiger partial charge in [-0.1, -0.05) is 15.9 Å². The summed E-state index contributed by atoms with van der Waals surface area (Å²) in [5, 5.41) is 2.76. The van der Waals surface area contributed by atoms with Crippen LogP contribution in [-0.4, -0.2) is 24.9 Å². The van der Waals surface area contributed by atoms with Gasteiger partial charge < -0.3 is 10.2 Å². The summed E-state index contributed by atoms with van der Waals surface area (Å²) in [5.74, 6) is -0.264. The van der Waals surface area contributed by atoms with Gasteiger partial charge in [0.05, 0.1) is 5.92 Å². The van der Waals surface area contributed by atoms with Crippen molar-refractivity contribution in [1.82, 2.24) is 5.32 Å². The second kappa shape index (κ2) is 5.52. The van der Waals surface area contributed by atoms with Crippen molar-refractivity contribution in [3.8, 4) is 0 Å². The zero-order valence-corrected chi connectivity index (χ0v) is 11.7. The van der Waals surface area contributed by atoms with Gasteiger partial charge in [-0.25, -0.2) is 0 Å². The number of hydrogen-bond acceptors (Lipinski definition) is 2. The van der Waals surface area contributed by atoms with E-state index in [0.29, 0.717) is 19.5 Å². The van der Waals surface area contributed by atoms with Crippen molar-refractivity contribution in [1.29, 1.82) is 0 Å². The van der Waals surface area contributed by atoms with Gasteiger partial charge in [0.15, 0.2) is 0 Å². The maximum absolute atomic E-state index is 11.9. The van der Waals surface area contributed by atoms with Gasteiger partial charge in [0.1, 0.15) is 0 Å². The molecule has 1 aromatic rings. The Hall–Kier alpha value is -1.36. The lowest BCUT2D eigenvalue weighted by Gasteiger charge is -2.16. The number of rotatable bonds is 3. The Balaban J connectivity index is 2.10. The van der Waals surface area contributed by atoms with Gasteiger partial charge >= 0.3 is 0 Å². The number of nitrogens with one attached hydrogen (secondary N) is 1. The highest BCUT2D eigenvalue weighted by molar-refractivity contribution is 9.10. The molecular formula is C13H15BrN2O2. The monoisotopic (exact) mass is 310 g/mol. The molecule has 1 aliphatic heterocycles. The molecule has 2 amide bonds. The summed E-state index contributed by atoms with van der Waals surface area (Å²) in [6.07, 6.45) is 0.294. The molecule has 0 unspecified atom stereocenters. The largest absolute Gasteiger partial charge is 0.356 e. The zero-order valence-electron chi connectivity index (χ0n) is 10.1. The number of carbonyl (C=O) groups excluding carboxylic acids is 2. The topological polar surface area (TPSA) is 49.4 Å². The summed E-state index contributed by atoms with van der Waals surface area (Å²) >= 11 is 3.36. The average Bonchev–Trinajstić information content (AvgIpc) is 2.73. The Morgan fingerprint density at radius 2 is 2.11 bits per heavy atom. The van der Waals surface area contributed by atoms with Crippen LogP contribution in [-0.2, 0) is 9.59 Å². The van der Waals surface area contributed by atoms with Gasteiger partial charge in [0.2, 0.25) is 11.8 Å². The van der Waals surface area contributed by atoms with E-state index in [9.17, 15) is 9.59 Å². The van der Waals surface area contributed by atoms with Crippen LogP contribution < -0.4 is 10.2 Å². The number of anilines is 1. The molecule has 0 radical (unpaired) electrons. The van der Waals surface area contributed by atoms with Crippen molar-refractivity contribution in [2.45, 2.75) is 13.3 Å². The predicted octanol–water partition coefficient (Wildman–Crippen LogP) is 1.94. The van der Waals surface area contributed by atoms with Crippen LogP contribution in [0.3, 0.4) is 0 Å². The summed E-state index contributed by atoms with van der Waals surface area (Å²) in [5.41, 5.74) is 0.843. The van der Waals surface area contributed by atoms with E-state index in [1.165, 1.54) is 0 Å². The Kier molecular flexibility index (Phi) is 4.01. The number of halogens is 1. The Morgan fingerprint density at radius 3 is 2.72 bits per heavy atom. The Bertz CT molecular complexity index is 459. The third-order valence-electron chi connectivity index (χ3n) is 2.99. The highest BCUT2D eigenvalue weighted by Gasteiger charge is 2.34. The van der Waals surface area contributed by atoms with Crippen molar-refractivity contribution < 1.29 is 9.59 Å². The smallest absolute Gasteiger partial charge is 0.227 e. The minimum Gasteiger partial charge on any atom is -0.356 e. The van der Waals surface area contributed by atoms with Crippen molar-refractivity contribution >= 4 is 33.4 Å². The molecule has 0 aromatic heterocycles. The molecule has 0 spiro atoms. The molecule has 4 nitrogen and oxygen atoms in total. The van der Waals surface area contributed by atoms with E-state index in [1.54, 1.807) is 4.90 Å². The second-order valence-corrected chi connectivity index (χ2v) is 5.19. The number of benzene rings is 1. The summed E-state index contributed by atoms with van der Waals surface area (Å²) in [6, 6.07) is 7.54. The highest BCUT2D eigenvalue weighted by atomic mass is 79.9. The summed E-state index contributed by atoms with van der Waals surface area (Å²) in [6.45, 7) is 2.94. The first kappa shape index (κ1) is 13.1. The molecule has 0 aliphatic carbocycles. The lowest BCUT2D eigenvalue weighted by Crippen LogP contribution is -2.32. The first-order valence-electron chi connectivity index (χ1n) is 5.95. The molecule has 0 saturated carbocycles. The Labute approximate surface area is 114 Å². The molecular weight excluding hydrogens is 296 g/mol. The van der Waals surface area contributed by atoms with Gasteiger partial charge in [0, 0.05) is 29.7 Å². The predicted molar refractivity (Wildman–Crippen MR) is 73.3 cm³/mol. The molecule has 2 rings (SSSR count). The molecule has 1 aliphatic rings. The molecule has 1 N–H and O–H groups in total. The lowest BCUT2D eigenvalue weighted by molar-refractivity contribution is -0.126. The number of nitrogens with zero attached hydrogens (tertiary/aromatic N) is 1. The number of amides is 2. The van der Waals surface area contributed by atoms with E-state index in [1.807, 2.05) is 31.2 Å². The van der Waals surface area contributed by atoms with Gasteiger partial charge in [-0.3, -0.25) is 9.59 Å². The van der Waals surface area contributed by atoms with Crippen LogP contribution in [0, 0.1) is 5.92 Å². The maximum Gasteiger partial charge on any atom is 0.227 e. The quantitative estimate of drug-likeness (QED) is 0.927. The van der Waals surface area contributed by atoms with E-state index in [0.717, 1.165) is 10.2 Å². The van der Waals surface area contributed by atoms with Crippen LogP contribution in [0.15, 0.2) is 28.7 Å². The standard InChI is InChI=1S/C13H15BrN2O2/c1-2-15-13(18)9-7-12(17)16(8-9)11-5-3-10(14)4-6-11/h3-6,9H,2,7-8H2,1H3,(H,15,18)/t9-/m0/s1. The zero-order chi connectivity index (χ0) is 13.1. The fraction of sp³-hybridized carbons (Fsp3) is 0.385. The number of hydrogen-bond donors (Lipinski definition) is 1. The summed E-state index contributed by atoms with van der Waals surface area (Å²) in [7, 11) is 0. The van der Waals surface area contributed by atoms with E-state index >= 15 is 0 Å². The second-order valence-electron chi connectivity index (χ2n) is 4.28. The summed E-state index contributed by atoms with van der Waals surface area (Å²) in [4.78, 5) is 25.3. The van der Waals surface area contributed by atoms with Crippen LogP contribution in [0.4, 0.5) is 5.69 Å². The fourth-order valence-electron chi connectivity index (χ4n) is 2.07. The minimum absolute atomic E-state index is 0.00794. The molecule has 1 atom stereocenters. The van der Waals surface area contributed by atoms with Gasteiger partial charge in [-0.05, 0) is 31.2 Å². The van der Waals surface area contributed by atoms with Crippen LogP contribution in [0.5, 0.6) is 0 Å². The van der Waals surface area contributed by atoms with Crippen molar-refractivity contribution in [3.63, 3.8) is 0 Å². The van der Waals surface area contributed by atoms with Crippen LogP contribution in [0.1, 0.15) is 13.3 Å². The first-order valence-corrected chi connectivity index (χ1v) is 6.74. The minimum atomic E-state index is -0.235. The molecule has 1 aromatic carbocycles. The molecule has 1 heterocycles. The molecule has 18 heavy (non-hydrogen) atoms. The van der Waals surface area contributed by atoms with Gasteiger partial charge in [-0.15, -0.1) is 0 Å². The molecule has 1 fully saturated rings. The average molecular weight is 311 g/mol. The van der Waals surface area contributed by atoms with Gasteiger partial charge in [-0.2, -0.15) is 0 Å². The third kappa shape index (κ3) is 2.72. The fourth-order valence-corrected chi connectivity index (χ4v) is 2.34. The lowest BCUT2D eigenvalue weighted by atomic mass is 10.1. The molecule has 5 heteroatoms. The van der Waals surface area contributed by atoms with Crippen LogP contribution >= 0.6 is 15.9 Å². The Morgan fingerprint density at radius 1 is 1.44 bits per heavy atom. The molecule has 96 valence electrons. The summed E-state index contributed by atoms with van der Waals surface area (Å²) < 4.78 is 0.971. The van der Waals surface area contributed by atoms with Crippen LogP contribution in [0.2, 0.25) is 0 Å². The molecule has 1 saturated heterocycles. The van der Waals surface area contributed by atoms with E-state index in [2.05, 4.69) is 21.2 Å². The third-order valence-corrected chi connectivity index (χ3v) is 3.51. The van der Waals surface area contributed by atoms with Crippen molar-refractivity contribution in [2.75, 3.05) is 18.0 Å². The van der Waals surface area contributed by atoms with Crippen molar-refractivity contribution in [2.24, 2.45) is 5.92 Å². The normalized spacial score (nSPS) is 19.1. The van der Waals surface area contributed by atoms with E-state index in [-0.39, 0.29) is 17.7 Å².